The summed E-state index contributed by atoms with van der Waals surface area (Å²) in [5.74, 6) is -0.103. The number of ether oxygens (including phenoxy) is 1. The van der Waals surface area contributed by atoms with Gasteiger partial charge in [-0.25, -0.2) is 0 Å². The standard InChI is InChI=1S/C16H17Cl2N3O4S/c1-10-7-11(3-4-12(10)17)20-21-15-9-16(14(19)8-13(15)18)25-5-2-6-26(22,23)24/h3-4,7-9H,2,5-6,19H2,1H3,(H,22,23,24). The Balaban J connectivity index is 2.13. The summed E-state index contributed by atoms with van der Waals surface area (Å²) in [5.41, 5.74) is 7.94. The Labute approximate surface area is 161 Å². The van der Waals surface area contributed by atoms with Crippen LogP contribution in [0.15, 0.2) is 40.6 Å². The van der Waals surface area contributed by atoms with Crippen LogP contribution >= 0.6 is 23.2 Å². The predicted molar refractivity (Wildman–Crippen MR) is 103 cm³/mol. The quantitative estimate of drug-likeness (QED) is 0.286. The van der Waals surface area contributed by atoms with Gasteiger partial charge in [0.2, 0.25) is 0 Å². The van der Waals surface area contributed by atoms with E-state index in [0.717, 1.165) is 5.56 Å². The minimum Gasteiger partial charge on any atom is -0.491 e. The highest BCUT2D eigenvalue weighted by atomic mass is 35.5. The Morgan fingerprint density at radius 2 is 1.88 bits per heavy atom. The van der Waals surface area contributed by atoms with E-state index in [9.17, 15) is 8.42 Å². The van der Waals surface area contributed by atoms with Crippen LogP contribution in [0.5, 0.6) is 5.75 Å². The van der Waals surface area contributed by atoms with Crippen LogP contribution in [-0.2, 0) is 10.1 Å². The molecule has 140 valence electrons. The van der Waals surface area contributed by atoms with E-state index in [-0.39, 0.29) is 18.7 Å². The highest BCUT2D eigenvalue weighted by Crippen LogP contribution is 2.35. The van der Waals surface area contributed by atoms with Crippen LogP contribution in [0.25, 0.3) is 0 Å². The summed E-state index contributed by atoms with van der Waals surface area (Å²) in [4.78, 5) is 0. The van der Waals surface area contributed by atoms with Gasteiger partial charge in [-0.2, -0.15) is 13.5 Å². The van der Waals surface area contributed by atoms with Crippen LogP contribution in [0.3, 0.4) is 0 Å². The fourth-order valence-electron chi connectivity index (χ4n) is 1.99. The Hall–Kier alpha value is -1.87. The van der Waals surface area contributed by atoms with Crippen LogP contribution < -0.4 is 10.5 Å². The van der Waals surface area contributed by atoms with Gasteiger partial charge in [0.25, 0.3) is 10.1 Å². The fourth-order valence-corrected chi connectivity index (χ4v) is 2.80. The average Bonchev–Trinajstić information content (AvgIpc) is 2.54. The van der Waals surface area contributed by atoms with E-state index >= 15 is 0 Å². The van der Waals surface area contributed by atoms with Crippen molar-refractivity contribution in [3.8, 4) is 5.75 Å². The minimum absolute atomic E-state index is 0.0542. The van der Waals surface area contributed by atoms with Crippen molar-refractivity contribution in [3.63, 3.8) is 0 Å². The van der Waals surface area contributed by atoms with Gasteiger partial charge in [-0.3, -0.25) is 4.55 Å². The van der Waals surface area contributed by atoms with Gasteiger partial charge in [0.05, 0.1) is 28.8 Å². The van der Waals surface area contributed by atoms with Crippen molar-refractivity contribution in [2.24, 2.45) is 10.2 Å². The molecule has 0 aliphatic rings. The minimum atomic E-state index is -4.02. The van der Waals surface area contributed by atoms with Gasteiger partial charge in [0.1, 0.15) is 11.4 Å². The second-order valence-corrected chi connectivity index (χ2v) is 7.85. The van der Waals surface area contributed by atoms with E-state index in [2.05, 4.69) is 10.2 Å². The molecule has 0 radical (unpaired) electrons. The predicted octanol–water partition coefficient (Wildman–Crippen LogP) is 4.96. The zero-order valence-corrected chi connectivity index (χ0v) is 16.1. The molecule has 0 saturated heterocycles. The van der Waals surface area contributed by atoms with Gasteiger partial charge in [-0.05, 0) is 43.2 Å². The van der Waals surface area contributed by atoms with E-state index in [1.807, 2.05) is 6.92 Å². The third-order valence-electron chi connectivity index (χ3n) is 3.30. The maximum Gasteiger partial charge on any atom is 0.264 e. The summed E-state index contributed by atoms with van der Waals surface area (Å²) >= 11 is 12.1. The number of nitrogens with zero attached hydrogens (tertiary/aromatic N) is 2. The lowest BCUT2D eigenvalue weighted by molar-refractivity contribution is 0.318. The van der Waals surface area contributed by atoms with Gasteiger partial charge in [0, 0.05) is 11.1 Å². The summed E-state index contributed by atoms with van der Waals surface area (Å²) in [6.45, 7) is 1.91. The van der Waals surface area contributed by atoms with Crippen LogP contribution in [0.1, 0.15) is 12.0 Å². The Morgan fingerprint density at radius 1 is 1.15 bits per heavy atom. The van der Waals surface area contributed by atoms with Crippen LogP contribution in [0.4, 0.5) is 17.1 Å². The molecule has 0 aromatic heterocycles. The lowest BCUT2D eigenvalue weighted by Gasteiger charge is -2.10. The lowest BCUT2D eigenvalue weighted by atomic mass is 10.2. The summed E-state index contributed by atoms with van der Waals surface area (Å²) < 4.78 is 35.5. The van der Waals surface area contributed by atoms with Crippen molar-refractivity contribution < 1.29 is 17.7 Å². The zero-order chi connectivity index (χ0) is 19.3. The SMILES string of the molecule is Cc1cc(N=Nc2cc(OCCCS(=O)(=O)O)c(N)cc2Cl)ccc1Cl. The first kappa shape index (κ1) is 20.4. The number of anilines is 1. The molecule has 0 fully saturated rings. The molecule has 0 heterocycles. The summed E-state index contributed by atoms with van der Waals surface area (Å²) in [6, 6.07) is 8.21. The van der Waals surface area contributed by atoms with Gasteiger partial charge in [0.15, 0.2) is 0 Å². The molecule has 26 heavy (non-hydrogen) atoms. The normalized spacial score (nSPS) is 11.8. The largest absolute Gasteiger partial charge is 0.491 e. The van der Waals surface area contributed by atoms with E-state index in [1.54, 1.807) is 18.2 Å². The maximum absolute atomic E-state index is 10.7. The Kier molecular flexibility index (Phi) is 6.82. The molecule has 2 aromatic carbocycles. The Bertz CT molecular complexity index is 933. The first-order chi connectivity index (χ1) is 12.2. The van der Waals surface area contributed by atoms with Gasteiger partial charge in [-0.15, -0.1) is 5.11 Å². The smallest absolute Gasteiger partial charge is 0.264 e. The molecular weight excluding hydrogens is 401 g/mol. The van der Waals surface area contributed by atoms with Crippen molar-refractivity contribution in [1.82, 2.24) is 0 Å². The first-order valence-corrected chi connectivity index (χ1v) is 9.87. The molecule has 0 bridgehead atoms. The van der Waals surface area contributed by atoms with Gasteiger partial charge in [-0.1, -0.05) is 23.2 Å². The summed E-state index contributed by atoms with van der Waals surface area (Å²) in [5, 5.41) is 9.13. The summed E-state index contributed by atoms with van der Waals surface area (Å²) in [6.07, 6.45) is 0.113. The van der Waals surface area contributed by atoms with Crippen molar-refractivity contribution in [3.05, 3.63) is 45.9 Å². The van der Waals surface area contributed by atoms with Gasteiger partial charge < -0.3 is 10.5 Å². The molecule has 0 saturated carbocycles. The van der Waals surface area contributed by atoms with E-state index in [0.29, 0.717) is 27.2 Å². The van der Waals surface area contributed by atoms with Crippen molar-refractivity contribution >= 4 is 50.4 Å². The number of aryl methyl sites for hydroxylation is 1. The summed E-state index contributed by atoms with van der Waals surface area (Å²) in [7, 11) is -4.02. The molecule has 0 atom stereocenters. The number of azo groups is 1. The molecule has 7 nitrogen and oxygen atoms in total. The number of benzene rings is 2. The highest BCUT2D eigenvalue weighted by Gasteiger charge is 2.09. The second kappa shape index (κ2) is 8.68. The maximum atomic E-state index is 10.7. The second-order valence-electron chi connectivity index (χ2n) is 5.46. The molecule has 0 spiro atoms. The lowest BCUT2D eigenvalue weighted by Crippen LogP contribution is -2.09. The van der Waals surface area contributed by atoms with E-state index in [4.69, 9.17) is 38.2 Å². The molecule has 0 aliphatic heterocycles. The van der Waals surface area contributed by atoms with Crippen molar-refractivity contribution in [1.29, 1.82) is 0 Å². The molecule has 3 N–H and O–H groups in total. The Morgan fingerprint density at radius 3 is 2.54 bits per heavy atom. The molecule has 0 aliphatic carbocycles. The zero-order valence-electron chi connectivity index (χ0n) is 13.8. The number of hydrogen-bond acceptors (Lipinski definition) is 6. The molecule has 0 unspecified atom stereocenters. The third-order valence-corrected chi connectivity index (χ3v) is 4.83. The number of rotatable bonds is 7. The van der Waals surface area contributed by atoms with E-state index < -0.39 is 15.9 Å². The molecule has 2 rings (SSSR count). The third kappa shape index (κ3) is 6.14. The fraction of sp³-hybridized carbons (Fsp3) is 0.250. The number of hydrogen-bond donors (Lipinski definition) is 2. The average molecular weight is 418 g/mol. The molecule has 2 aromatic rings. The molecule has 0 amide bonds. The van der Waals surface area contributed by atoms with Crippen LogP contribution in [-0.4, -0.2) is 25.3 Å². The topological polar surface area (TPSA) is 114 Å². The van der Waals surface area contributed by atoms with Crippen molar-refractivity contribution in [2.45, 2.75) is 13.3 Å². The number of nitrogens with two attached hydrogens (primary N) is 1. The van der Waals surface area contributed by atoms with Crippen molar-refractivity contribution in [2.75, 3.05) is 18.1 Å². The van der Waals surface area contributed by atoms with Crippen LogP contribution in [0, 0.1) is 6.92 Å². The monoisotopic (exact) mass is 417 g/mol. The number of nitrogen functional groups attached to an aromatic ring is 1. The van der Waals surface area contributed by atoms with Gasteiger partial charge >= 0.3 is 0 Å². The van der Waals surface area contributed by atoms with Crippen LogP contribution in [0.2, 0.25) is 10.0 Å². The van der Waals surface area contributed by atoms with E-state index in [1.165, 1.54) is 12.1 Å². The first-order valence-electron chi connectivity index (χ1n) is 7.50. The number of halogens is 2. The molecular formula is C16H17Cl2N3O4S. The molecule has 10 heteroatoms. The highest BCUT2D eigenvalue weighted by molar-refractivity contribution is 7.85.